The van der Waals surface area contributed by atoms with Crippen LogP contribution in [0, 0.1) is 0 Å². The van der Waals surface area contributed by atoms with E-state index in [2.05, 4.69) is 69.9 Å². The number of ether oxygens (including phenoxy) is 1. The van der Waals surface area contributed by atoms with Crippen molar-refractivity contribution in [1.29, 1.82) is 0 Å². The average molecular weight is 500 g/mol. The minimum absolute atomic E-state index is 0. The van der Waals surface area contributed by atoms with Gasteiger partial charge in [0, 0.05) is 0 Å². The van der Waals surface area contributed by atoms with Crippen LogP contribution in [0.4, 0.5) is 0 Å². The zero-order valence-corrected chi connectivity index (χ0v) is 21.4. The number of allylic oxidation sites excluding steroid dienone is 6. The van der Waals surface area contributed by atoms with Crippen LogP contribution < -0.4 is 24.8 Å². The normalized spacial score (nSPS) is 15.6. The molecule has 2 aliphatic rings. The number of benzene rings is 1. The van der Waals surface area contributed by atoms with Crippen molar-refractivity contribution in [2.45, 2.75) is 39.9 Å². The summed E-state index contributed by atoms with van der Waals surface area (Å²) in [5, 5.41) is 0. The molecular weight excluding hydrogens is 474 g/mol. The third-order valence-electron chi connectivity index (χ3n) is 4.34. The van der Waals surface area contributed by atoms with E-state index in [0.717, 1.165) is 12.2 Å². The Bertz CT molecular complexity index is 829. The molecule has 0 aromatic heterocycles. The van der Waals surface area contributed by atoms with E-state index in [1.165, 1.54) is 61.4 Å². The molecule has 0 saturated carbocycles. The van der Waals surface area contributed by atoms with Crippen LogP contribution in [0.15, 0.2) is 58.9 Å². The van der Waals surface area contributed by atoms with Gasteiger partial charge < -0.3 is 24.8 Å². The van der Waals surface area contributed by atoms with Crippen molar-refractivity contribution in [2.75, 3.05) is 6.79 Å². The Morgan fingerprint density at radius 2 is 1.70 bits per heavy atom. The van der Waals surface area contributed by atoms with Gasteiger partial charge in [0.15, 0.2) is 0 Å². The zero-order chi connectivity index (χ0) is 18.2. The van der Waals surface area contributed by atoms with Crippen molar-refractivity contribution >= 4 is 17.2 Å². The first-order chi connectivity index (χ1) is 11.8. The monoisotopic (exact) mass is 497 g/mol. The van der Waals surface area contributed by atoms with Gasteiger partial charge in [-0.2, -0.15) is 0 Å². The molecule has 2 aliphatic carbocycles. The van der Waals surface area contributed by atoms with E-state index in [4.69, 9.17) is 9.16 Å². The summed E-state index contributed by atoms with van der Waals surface area (Å²) in [6.07, 6.45) is 5.30. The van der Waals surface area contributed by atoms with Gasteiger partial charge in [0.05, 0.1) is 0 Å². The summed E-state index contributed by atoms with van der Waals surface area (Å²) in [5.74, 6) is 0.938. The molecule has 1 aromatic carbocycles. The maximum absolute atomic E-state index is 5.84. The Kier molecular flexibility index (Phi) is 9.03. The molecule has 0 amide bonds. The molecule has 3 rings (SSSR count). The second-order valence-electron chi connectivity index (χ2n) is 7.67. The fourth-order valence-corrected chi connectivity index (χ4v) is 4.85. The van der Waals surface area contributed by atoms with Gasteiger partial charge >= 0.3 is 168 Å². The Morgan fingerprint density at radius 3 is 2.30 bits per heavy atom. The summed E-state index contributed by atoms with van der Waals surface area (Å²) in [6.45, 7) is 11.3. The van der Waals surface area contributed by atoms with Gasteiger partial charge in [-0.3, -0.25) is 0 Å². The number of hydrogen-bond acceptors (Lipinski definition) is 2. The third-order valence-corrected chi connectivity index (χ3v) is 6.60. The third kappa shape index (κ3) is 5.58. The van der Waals surface area contributed by atoms with Crippen LogP contribution in [0.2, 0.25) is 19.6 Å². The predicted octanol–water partition coefficient (Wildman–Crippen LogP) is -0.201. The van der Waals surface area contributed by atoms with Crippen molar-refractivity contribution in [3.05, 3.63) is 70.0 Å². The second kappa shape index (κ2) is 9.89. The molecule has 0 radical (unpaired) electrons. The van der Waals surface area contributed by atoms with Crippen LogP contribution in [0.1, 0.15) is 31.4 Å². The van der Waals surface area contributed by atoms with Gasteiger partial charge in [0.25, 0.3) is 0 Å². The zero-order valence-electron chi connectivity index (χ0n) is 16.5. The summed E-state index contributed by atoms with van der Waals surface area (Å²) < 4.78 is 13.1. The summed E-state index contributed by atoms with van der Waals surface area (Å²) >= 11 is 1.46. The molecule has 0 aliphatic heterocycles. The molecule has 0 unspecified atom stereocenters. The van der Waals surface area contributed by atoms with E-state index in [-0.39, 0.29) is 24.8 Å². The largest absolute Gasteiger partial charge is 1.00 e. The average Bonchev–Trinajstić information content (AvgIpc) is 3.09. The van der Waals surface area contributed by atoms with Gasteiger partial charge in [-0.15, -0.1) is 0 Å². The van der Waals surface area contributed by atoms with E-state index in [9.17, 15) is 0 Å². The van der Waals surface area contributed by atoms with E-state index in [0.29, 0.717) is 6.79 Å². The standard InChI is InChI=1S/C21H25O2Si.2ClH.Zr/c1-15(2)21-19-9-7-6-8-16(19)13-20(21)17-10-11-18(12-17)22-14-23-24(3,4)5;;;/h6-9,11-12H,10,14H2,1-5H3;2*1H;/q;;;+2/p-2. The number of fused-ring (bicyclic) bond motifs is 1. The SMILES string of the molecule is CC(C)=C1C(C2=CC(OCO[Si](C)(C)C)=CC2)=[C]([Zr+2])c2ccccc21.[Cl-].[Cl-]. The molecule has 0 fully saturated rings. The minimum atomic E-state index is -1.54. The van der Waals surface area contributed by atoms with Crippen LogP contribution in [-0.2, 0) is 33.9 Å². The number of hydrogen-bond donors (Lipinski definition) is 0. The summed E-state index contributed by atoms with van der Waals surface area (Å²) in [6, 6.07) is 8.77. The van der Waals surface area contributed by atoms with Gasteiger partial charge in [-0.25, -0.2) is 0 Å². The van der Waals surface area contributed by atoms with E-state index >= 15 is 0 Å². The van der Waals surface area contributed by atoms with Crippen molar-refractivity contribution in [2.24, 2.45) is 0 Å². The molecule has 2 nitrogen and oxygen atoms in total. The van der Waals surface area contributed by atoms with Crippen LogP contribution >= 0.6 is 0 Å². The maximum atomic E-state index is 5.84. The second-order valence-corrected chi connectivity index (χ2v) is 13.4. The van der Waals surface area contributed by atoms with Gasteiger partial charge in [-0.1, -0.05) is 0 Å². The quantitative estimate of drug-likeness (QED) is 0.413. The molecular formula is C21H25Cl2O2SiZr. The molecule has 143 valence electrons. The smallest absolute Gasteiger partial charge is 1.00 e. The minimum Gasteiger partial charge on any atom is -1.00 e. The molecule has 0 atom stereocenters. The van der Waals surface area contributed by atoms with Crippen molar-refractivity contribution in [3.63, 3.8) is 0 Å². The van der Waals surface area contributed by atoms with Crippen LogP contribution in [0.5, 0.6) is 0 Å². The molecule has 0 N–H and O–H groups in total. The van der Waals surface area contributed by atoms with Crippen molar-refractivity contribution < 1.29 is 58.7 Å². The Labute approximate surface area is 191 Å². The maximum Gasteiger partial charge on any atom is -1.00 e. The fraction of sp³-hybridized carbons (Fsp3) is 0.333. The predicted molar refractivity (Wildman–Crippen MR) is 103 cm³/mol. The van der Waals surface area contributed by atoms with E-state index < -0.39 is 8.32 Å². The molecule has 0 bridgehead atoms. The Hall–Kier alpha value is -0.380. The summed E-state index contributed by atoms with van der Waals surface area (Å²) in [5.41, 5.74) is 8.33. The first kappa shape index (κ1) is 24.7. The van der Waals surface area contributed by atoms with Gasteiger partial charge in [-0.05, 0) is 0 Å². The number of rotatable bonds is 5. The molecule has 0 spiro atoms. The van der Waals surface area contributed by atoms with Crippen LogP contribution in [-0.4, -0.2) is 15.1 Å². The van der Waals surface area contributed by atoms with E-state index in [1.54, 1.807) is 0 Å². The van der Waals surface area contributed by atoms with Crippen molar-refractivity contribution in [3.8, 4) is 0 Å². The fourth-order valence-electron chi connectivity index (χ4n) is 3.20. The summed E-state index contributed by atoms with van der Waals surface area (Å²) in [7, 11) is -1.54. The first-order valence-corrected chi connectivity index (χ1v) is 13.3. The van der Waals surface area contributed by atoms with E-state index in [1.807, 2.05) is 0 Å². The molecule has 27 heavy (non-hydrogen) atoms. The van der Waals surface area contributed by atoms with Gasteiger partial charge in [0.1, 0.15) is 0 Å². The molecule has 1 aromatic rings. The Balaban J connectivity index is 0.00000182. The van der Waals surface area contributed by atoms with Crippen LogP contribution in [0.25, 0.3) is 8.85 Å². The molecule has 0 saturated heterocycles. The topological polar surface area (TPSA) is 18.5 Å². The van der Waals surface area contributed by atoms with Crippen molar-refractivity contribution in [1.82, 2.24) is 0 Å². The van der Waals surface area contributed by atoms with Gasteiger partial charge in [0.2, 0.25) is 0 Å². The Morgan fingerprint density at radius 1 is 1.07 bits per heavy atom. The molecule has 0 heterocycles. The number of halogens is 2. The van der Waals surface area contributed by atoms with Crippen LogP contribution in [0.3, 0.4) is 0 Å². The molecule has 6 heteroatoms. The first-order valence-electron chi connectivity index (χ1n) is 8.69. The summed E-state index contributed by atoms with van der Waals surface area (Å²) in [4.78, 5) is 0.